The molecule has 0 aliphatic heterocycles. The Hall–Kier alpha value is -1.35. The summed E-state index contributed by atoms with van der Waals surface area (Å²) in [5.41, 5.74) is 1.93. The lowest BCUT2D eigenvalue weighted by Crippen LogP contribution is -2.27. The molecule has 0 atom stereocenters. The van der Waals surface area contributed by atoms with Gasteiger partial charge in [-0.3, -0.25) is 4.79 Å². The third-order valence-corrected chi connectivity index (χ3v) is 2.20. The minimum absolute atomic E-state index is 0.0155. The number of aliphatic hydroxyl groups excluding tert-OH is 1. The van der Waals surface area contributed by atoms with Crippen LogP contribution in [0.4, 0.5) is 0 Å². The summed E-state index contributed by atoms with van der Waals surface area (Å²) in [5.74, 6) is 0.0722. The van der Waals surface area contributed by atoms with Crippen molar-refractivity contribution in [1.29, 1.82) is 0 Å². The first-order chi connectivity index (χ1) is 7.13. The highest BCUT2D eigenvalue weighted by Crippen LogP contribution is 2.04. The molecular weight excluding hydrogens is 190 g/mol. The van der Waals surface area contributed by atoms with E-state index in [1.807, 2.05) is 38.1 Å². The quantitative estimate of drug-likeness (QED) is 0.785. The van der Waals surface area contributed by atoms with Crippen LogP contribution in [0.3, 0.4) is 0 Å². The van der Waals surface area contributed by atoms with Crippen molar-refractivity contribution in [2.45, 2.75) is 27.0 Å². The van der Waals surface area contributed by atoms with Crippen LogP contribution >= 0.6 is 0 Å². The van der Waals surface area contributed by atoms with Crippen LogP contribution in [0, 0.1) is 5.92 Å². The Bertz CT molecular complexity index is 317. The molecule has 0 radical (unpaired) electrons. The number of carbonyl (C=O) groups excluding carboxylic acids is 1. The van der Waals surface area contributed by atoms with E-state index in [4.69, 9.17) is 5.11 Å². The van der Waals surface area contributed by atoms with E-state index in [1.54, 1.807) is 0 Å². The number of amides is 1. The molecule has 0 fully saturated rings. The lowest BCUT2D eigenvalue weighted by atomic mass is 10.1. The van der Waals surface area contributed by atoms with Gasteiger partial charge in [-0.25, -0.2) is 0 Å². The minimum atomic E-state index is 0.0155. The van der Waals surface area contributed by atoms with Gasteiger partial charge >= 0.3 is 0 Å². The second kappa shape index (κ2) is 5.51. The van der Waals surface area contributed by atoms with Crippen molar-refractivity contribution in [2.24, 2.45) is 5.92 Å². The summed E-state index contributed by atoms with van der Waals surface area (Å²) in [6.07, 6.45) is 0. The molecular formula is C12H17NO2. The molecule has 0 saturated heterocycles. The molecule has 0 aliphatic rings. The van der Waals surface area contributed by atoms with Crippen molar-refractivity contribution in [2.75, 3.05) is 0 Å². The van der Waals surface area contributed by atoms with Gasteiger partial charge in [0.2, 0.25) is 5.91 Å². The van der Waals surface area contributed by atoms with Crippen molar-refractivity contribution in [1.82, 2.24) is 5.32 Å². The number of carbonyl (C=O) groups is 1. The van der Waals surface area contributed by atoms with E-state index in [0.717, 1.165) is 11.1 Å². The van der Waals surface area contributed by atoms with Gasteiger partial charge < -0.3 is 10.4 Å². The first-order valence-electron chi connectivity index (χ1n) is 5.10. The molecule has 1 aromatic rings. The summed E-state index contributed by atoms with van der Waals surface area (Å²) >= 11 is 0. The van der Waals surface area contributed by atoms with Crippen LogP contribution in [0.2, 0.25) is 0 Å². The number of rotatable bonds is 4. The SMILES string of the molecule is CC(C)C(=O)NCc1ccc(CO)cc1. The van der Waals surface area contributed by atoms with Crippen LogP contribution in [0.25, 0.3) is 0 Å². The molecule has 0 heterocycles. The Morgan fingerprint density at radius 3 is 2.27 bits per heavy atom. The Morgan fingerprint density at radius 1 is 1.27 bits per heavy atom. The predicted octanol–water partition coefficient (Wildman–Crippen LogP) is 1.45. The van der Waals surface area contributed by atoms with Crippen LogP contribution in [0.15, 0.2) is 24.3 Å². The highest BCUT2D eigenvalue weighted by Gasteiger charge is 2.05. The number of benzene rings is 1. The van der Waals surface area contributed by atoms with Crippen LogP contribution in [-0.4, -0.2) is 11.0 Å². The molecule has 0 unspecified atom stereocenters. The average molecular weight is 207 g/mol. The first-order valence-corrected chi connectivity index (χ1v) is 5.10. The van der Waals surface area contributed by atoms with E-state index in [-0.39, 0.29) is 18.4 Å². The summed E-state index contributed by atoms with van der Waals surface area (Å²) in [5, 5.41) is 11.7. The number of hydrogen-bond acceptors (Lipinski definition) is 2. The van der Waals surface area contributed by atoms with Gasteiger partial charge in [-0.05, 0) is 11.1 Å². The standard InChI is InChI=1S/C12H17NO2/c1-9(2)12(15)13-7-10-3-5-11(8-14)6-4-10/h3-6,9,14H,7-8H2,1-2H3,(H,13,15). The van der Waals surface area contributed by atoms with Crippen molar-refractivity contribution in [3.05, 3.63) is 35.4 Å². The van der Waals surface area contributed by atoms with Gasteiger partial charge in [-0.2, -0.15) is 0 Å². The third kappa shape index (κ3) is 3.72. The second-order valence-electron chi connectivity index (χ2n) is 3.85. The zero-order valence-corrected chi connectivity index (χ0v) is 9.16. The van der Waals surface area contributed by atoms with Crippen molar-refractivity contribution in [3.63, 3.8) is 0 Å². The van der Waals surface area contributed by atoms with Crippen LogP contribution in [0.1, 0.15) is 25.0 Å². The fraction of sp³-hybridized carbons (Fsp3) is 0.417. The predicted molar refractivity (Wildman–Crippen MR) is 59.0 cm³/mol. The summed E-state index contributed by atoms with van der Waals surface area (Å²) in [6.45, 7) is 4.33. The Labute approximate surface area is 90.1 Å². The molecule has 82 valence electrons. The topological polar surface area (TPSA) is 49.3 Å². The maximum atomic E-state index is 11.3. The molecule has 15 heavy (non-hydrogen) atoms. The lowest BCUT2D eigenvalue weighted by Gasteiger charge is -2.07. The third-order valence-electron chi connectivity index (χ3n) is 2.20. The molecule has 0 saturated carbocycles. The zero-order chi connectivity index (χ0) is 11.3. The van der Waals surface area contributed by atoms with Gasteiger partial charge in [0.15, 0.2) is 0 Å². The number of nitrogens with one attached hydrogen (secondary N) is 1. The summed E-state index contributed by atoms with van der Waals surface area (Å²) in [4.78, 5) is 11.3. The fourth-order valence-corrected chi connectivity index (χ4v) is 1.16. The Kier molecular flexibility index (Phi) is 4.31. The molecule has 3 nitrogen and oxygen atoms in total. The number of aliphatic hydroxyl groups is 1. The van der Waals surface area contributed by atoms with Crippen molar-refractivity contribution in [3.8, 4) is 0 Å². The van der Waals surface area contributed by atoms with E-state index >= 15 is 0 Å². The molecule has 1 amide bonds. The largest absolute Gasteiger partial charge is 0.392 e. The van der Waals surface area contributed by atoms with Crippen LogP contribution < -0.4 is 5.32 Å². The Balaban J connectivity index is 2.47. The molecule has 1 rings (SSSR count). The molecule has 0 bridgehead atoms. The fourth-order valence-electron chi connectivity index (χ4n) is 1.16. The van der Waals surface area contributed by atoms with E-state index in [9.17, 15) is 4.79 Å². The van der Waals surface area contributed by atoms with Gasteiger partial charge in [-0.15, -0.1) is 0 Å². The van der Waals surface area contributed by atoms with Crippen molar-refractivity contribution >= 4 is 5.91 Å². The second-order valence-corrected chi connectivity index (χ2v) is 3.85. The molecule has 0 aliphatic carbocycles. The average Bonchev–Trinajstić information content (AvgIpc) is 2.26. The molecule has 0 aromatic heterocycles. The maximum Gasteiger partial charge on any atom is 0.222 e. The van der Waals surface area contributed by atoms with E-state index in [1.165, 1.54) is 0 Å². The molecule has 1 aromatic carbocycles. The van der Waals surface area contributed by atoms with Crippen molar-refractivity contribution < 1.29 is 9.90 Å². The smallest absolute Gasteiger partial charge is 0.222 e. The van der Waals surface area contributed by atoms with Gasteiger partial charge in [0.25, 0.3) is 0 Å². The van der Waals surface area contributed by atoms with E-state index in [2.05, 4.69) is 5.32 Å². The van der Waals surface area contributed by atoms with Crippen LogP contribution in [0.5, 0.6) is 0 Å². The van der Waals surface area contributed by atoms with E-state index in [0.29, 0.717) is 6.54 Å². The molecule has 2 N–H and O–H groups in total. The highest BCUT2D eigenvalue weighted by molar-refractivity contribution is 5.77. The maximum absolute atomic E-state index is 11.3. The minimum Gasteiger partial charge on any atom is -0.392 e. The van der Waals surface area contributed by atoms with Gasteiger partial charge in [0, 0.05) is 12.5 Å². The Morgan fingerprint density at radius 2 is 1.80 bits per heavy atom. The monoisotopic (exact) mass is 207 g/mol. The lowest BCUT2D eigenvalue weighted by molar-refractivity contribution is -0.124. The number of hydrogen-bond donors (Lipinski definition) is 2. The van der Waals surface area contributed by atoms with Gasteiger partial charge in [0.05, 0.1) is 6.61 Å². The molecule has 3 heteroatoms. The normalized spacial score (nSPS) is 10.4. The van der Waals surface area contributed by atoms with Crippen LogP contribution in [-0.2, 0) is 17.9 Å². The summed E-state index contributed by atoms with van der Waals surface area (Å²) in [6, 6.07) is 7.53. The van der Waals surface area contributed by atoms with Gasteiger partial charge in [0.1, 0.15) is 0 Å². The highest BCUT2D eigenvalue weighted by atomic mass is 16.3. The first kappa shape index (κ1) is 11.7. The van der Waals surface area contributed by atoms with Gasteiger partial charge in [-0.1, -0.05) is 38.1 Å². The zero-order valence-electron chi connectivity index (χ0n) is 9.16. The van der Waals surface area contributed by atoms with E-state index < -0.39 is 0 Å². The summed E-state index contributed by atoms with van der Waals surface area (Å²) in [7, 11) is 0. The molecule has 0 spiro atoms. The summed E-state index contributed by atoms with van der Waals surface area (Å²) < 4.78 is 0.